The molecule has 104 valence electrons. The van der Waals surface area contributed by atoms with Crippen molar-refractivity contribution in [1.82, 2.24) is 4.90 Å². The Morgan fingerprint density at radius 1 is 1.33 bits per heavy atom. The van der Waals surface area contributed by atoms with Crippen LogP contribution < -0.4 is 5.73 Å². The summed E-state index contributed by atoms with van der Waals surface area (Å²) in [5.41, 5.74) is 5.67. The molecule has 2 rings (SSSR count). The van der Waals surface area contributed by atoms with E-state index >= 15 is 0 Å². The van der Waals surface area contributed by atoms with Gasteiger partial charge >= 0.3 is 6.09 Å². The number of amides is 1. The van der Waals surface area contributed by atoms with E-state index in [0.29, 0.717) is 0 Å². The molecule has 1 aliphatic carbocycles. The van der Waals surface area contributed by atoms with E-state index in [2.05, 4.69) is 0 Å². The van der Waals surface area contributed by atoms with Crippen LogP contribution in [0.3, 0.4) is 0 Å². The molecule has 1 saturated heterocycles. The number of nitrogens with two attached hydrogens (primary N) is 1. The highest BCUT2D eigenvalue weighted by Gasteiger charge is 2.47. The van der Waals surface area contributed by atoms with Crippen molar-refractivity contribution in [2.75, 3.05) is 6.54 Å². The number of hydrogen-bond acceptors (Lipinski definition) is 3. The summed E-state index contributed by atoms with van der Waals surface area (Å²) < 4.78 is 5.53. The van der Waals surface area contributed by atoms with Crippen molar-refractivity contribution in [2.45, 2.75) is 76.5 Å². The third kappa shape index (κ3) is 2.79. The van der Waals surface area contributed by atoms with E-state index in [-0.39, 0.29) is 17.7 Å². The molecule has 0 bridgehead atoms. The van der Waals surface area contributed by atoms with E-state index in [0.717, 1.165) is 45.1 Å². The Morgan fingerprint density at radius 3 is 2.61 bits per heavy atom. The first-order valence-electron chi connectivity index (χ1n) is 7.09. The van der Waals surface area contributed by atoms with Crippen molar-refractivity contribution in [3.63, 3.8) is 0 Å². The van der Waals surface area contributed by atoms with E-state index in [1.807, 2.05) is 25.7 Å². The van der Waals surface area contributed by atoms with E-state index in [4.69, 9.17) is 10.5 Å². The molecule has 2 fully saturated rings. The molecule has 2 unspecified atom stereocenters. The summed E-state index contributed by atoms with van der Waals surface area (Å²) >= 11 is 0. The van der Waals surface area contributed by atoms with Crippen LogP contribution in [-0.4, -0.2) is 34.7 Å². The zero-order valence-corrected chi connectivity index (χ0v) is 11.9. The van der Waals surface area contributed by atoms with Gasteiger partial charge in [-0.05, 0) is 59.3 Å². The predicted octanol–water partition coefficient (Wildman–Crippen LogP) is 2.66. The summed E-state index contributed by atoms with van der Waals surface area (Å²) in [6.07, 6.45) is 6.23. The normalized spacial score (nSPS) is 32.9. The first-order chi connectivity index (χ1) is 8.32. The Kier molecular flexibility index (Phi) is 3.58. The molecular formula is C14H26N2O2. The van der Waals surface area contributed by atoms with Crippen LogP contribution in [0.4, 0.5) is 4.79 Å². The van der Waals surface area contributed by atoms with Gasteiger partial charge in [0, 0.05) is 18.1 Å². The van der Waals surface area contributed by atoms with Gasteiger partial charge in [-0.1, -0.05) is 0 Å². The summed E-state index contributed by atoms with van der Waals surface area (Å²) in [7, 11) is 0. The maximum absolute atomic E-state index is 12.3. The second-order valence-electron chi connectivity index (χ2n) is 6.82. The van der Waals surface area contributed by atoms with Crippen molar-refractivity contribution in [3.05, 3.63) is 0 Å². The lowest BCUT2D eigenvalue weighted by Gasteiger charge is -2.43. The summed E-state index contributed by atoms with van der Waals surface area (Å²) in [6, 6.07) is 0.238. The molecule has 1 heterocycles. The minimum Gasteiger partial charge on any atom is -0.444 e. The molecule has 1 aliphatic heterocycles. The second kappa shape index (κ2) is 4.72. The molecule has 1 saturated carbocycles. The van der Waals surface area contributed by atoms with Gasteiger partial charge in [0.15, 0.2) is 0 Å². The first kappa shape index (κ1) is 13.7. The van der Waals surface area contributed by atoms with Crippen molar-refractivity contribution < 1.29 is 9.53 Å². The molecule has 18 heavy (non-hydrogen) atoms. The largest absolute Gasteiger partial charge is 0.444 e. The number of ether oxygens (including phenoxy) is 1. The highest BCUT2D eigenvalue weighted by molar-refractivity contribution is 5.69. The molecular weight excluding hydrogens is 228 g/mol. The monoisotopic (exact) mass is 254 g/mol. The summed E-state index contributed by atoms with van der Waals surface area (Å²) in [4.78, 5) is 14.3. The lowest BCUT2D eigenvalue weighted by atomic mass is 9.77. The van der Waals surface area contributed by atoms with E-state index in [1.165, 1.54) is 0 Å². The van der Waals surface area contributed by atoms with Gasteiger partial charge in [-0.25, -0.2) is 4.79 Å². The Morgan fingerprint density at radius 2 is 2.00 bits per heavy atom. The number of likely N-dealkylation sites (tertiary alicyclic amines) is 1. The van der Waals surface area contributed by atoms with Crippen molar-refractivity contribution >= 4 is 6.09 Å². The standard InChI is InChI=1S/C14H26N2O2/c1-13(2,3)18-12(17)16-9-5-8-14(16)7-4-6-11(15)10-14/h11H,4-10,15H2,1-3H3. The zero-order chi connectivity index (χ0) is 13.4. The Labute approximate surface area is 110 Å². The maximum atomic E-state index is 12.3. The van der Waals surface area contributed by atoms with Gasteiger partial charge < -0.3 is 15.4 Å². The van der Waals surface area contributed by atoms with Gasteiger partial charge in [-0.15, -0.1) is 0 Å². The summed E-state index contributed by atoms with van der Waals surface area (Å²) in [5.74, 6) is 0. The molecule has 0 radical (unpaired) electrons. The highest BCUT2D eigenvalue weighted by Crippen LogP contribution is 2.41. The Bertz CT molecular complexity index is 324. The van der Waals surface area contributed by atoms with E-state index in [1.54, 1.807) is 0 Å². The van der Waals surface area contributed by atoms with Gasteiger partial charge in [0.25, 0.3) is 0 Å². The van der Waals surface area contributed by atoms with Crippen LogP contribution in [0.5, 0.6) is 0 Å². The van der Waals surface area contributed by atoms with Crippen molar-refractivity contribution in [3.8, 4) is 0 Å². The molecule has 1 spiro atoms. The maximum Gasteiger partial charge on any atom is 0.410 e. The SMILES string of the molecule is CC(C)(C)OC(=O)N1CCCC12CCCC(N)C2. The number of carbonyl (C=O) groups excluding carboxylic acids is 1. The number of nitrogens with zero attached hydrogens (tertiary/aromatic N) is 1. The van der Waals surface area contributed by atoms with Crippen LogP contribution in [0.25, 0.3) is 0 Å². The first-order valence-corrected chi connectivity index (χ1v) is 7.09. The molecule has 2 atom stereocenters. The van der Waals surface area contributed by atoms with Gasteiger partial charge in [0.05, 0.1) is 0 Å². The Balaban J connectivity index is 2.09. The quantitative estimate of drug-likeness (QED) is 0.723. The van der Waals surface area contributed by atoms with E-state index in [9.17, 15) is 4.79 Å². The van der Waals surface area contributed by atoms with Crippen molar-refractivity contribution in [1.29, 1.82) is 0 Å². The molecule has 0 aromatic carbocycles. The molecule has 0 aromatic heterocycles. The fourth-order valence-corrected chi connectivity index (χ4v) is 3.40. The fourth-order valence-electron chi connectivity index (χ4n) is 3.40. The van der Waals surface area contributed by atoms with Gasteiger partial charge in [-0.2, -0.15) is 0 Å². The molecule has 2 aliphatic rings. The summed E-state index contributed by atoms with van der Waals surface area (Å²) in [5, 5.41) is 0. The minimum absolute atomic E-state index is 0.0139. The van der Waals surface area contributed by atoms with Crippen LogP contribution in [0.2, 0.25) is 0 Å². The Hall–Kier alpha value is -0.770. The lowest BCUT2D eigenvalue weighted by molar-refractivity contribution is -0.000952. The van der Waals surface area contributed by atoms with Gasteiger partial charge in [0.1, 0.15) is 5.60 Å². The topological polar surface area (TPSA) is 55.6 Å². The lowest BCUT2D eigenvalue weighted by Crippen LogP contribution is -2.53. The molecule has 4 heteroatoms. The van der Waals surface area contributed by atoms with Crippen LogP contribution in [-0.2, 0) is 4.74 Å². The minimum atomic E-state index is -0.419. The molecule has 0 aromatic rings. The van der Waals surface area contributed by atoms with Crippen molar-refractivity contribution in [2.24, 2.45) is 5.73 Å². The van der Waals surface area contributed by atoms with Gasteiger partial charge in [-0.3, -0.25) is 0 Å². The van der Waals surface area contributed by atoms with E-state index < -0.39 is 5.60 Å². The number of carbonyl (C=O) groups is 1. The van der Waals surface area contributed by atoms with Crippen LogP contribution in [0.1, 0.15) is 59.3 Å². The number of rotatable bonds is 0. The zero-order valence-electron chi connectivity index (χ0n) is 11.9. The third-order valence-corrected chi connectivity index (χ3v) is 4.07. The van der Waals surface area contributed by atoms with Gasteiger partial charge in [0.2, 0.25) is 0 Å². The third-order valence-electron chi connectivity index (χ3n) is 4.07. The summed E-state index contributed by atoms with van der Waals surface area (Å²) in [6.45, 7) is 6.57. The highest BCUT2D eigenvalue weighted by atomic mass is 16.6. The van der Waals surface area contributed by atoms with Crippen LogP contribution in [0.15, 0.2) is 0 Å². The average molecular weight is 254 g/mol. The molecule has 2 N–H and O–H groups in total. The molecule has 4 nitrogen and oxygen atoms in total. The smallest absolute Gasteiger partial charge is 0.410 e. The average Bonchev–Trinajstić information content (AvgIpc) is 2.58. The second-order valence-corrected chi connectivity index (χ2v) is 6.82. The fraction of sp³-hybridized carbons (Fsp3) is 0.929. The molecule has 1 amide bonds. The van der Waals surface area contributed by atoms with Crippen LogP contribution >= 0.6 is 0 Å². The number of hydrogen-bond donors (Lipinski definition) is 1. The predicted molar refractivity (Wildman–Crippen MR) is 71.3 cm³/mol. The van der Waals surface area contributed by atoms with Crippen LogP contribution in [0, 0.1) is 0 Å².